The molecule has 3 aromatic rings. The molecule has 0 unspecified atom stereocenters. The summed E-state index contributed by atoms with van der Waals surface area (Å²) in [5.74, 6) is -0.540. The number of benzene rings is 1. The third kappa shape index (κ3) is 3.77. The lowest BCUT2D eigenvalue weighted by Gasteiger charge is -2.17. The molecule has 0 aliphatic heterocycles. The second-order valence-corrected chi connectivity index (χ2v) is 6.23. The number of hydrogen-bond acceptors (Lipinski definition) is 5. The van der Waals surface area contributed by atoms with Crippen LogP contribution in [0.4, 0.5) is 10.8 Å². The highest BCUT2D eigenvalue weighted by Gasteiger charge is 2.18. The van der Waals surface area contributed by atoms with Crippen molar-refractivity contribution in [3.63, 3.8) is 0 Å². The molecule has 0 saturated heterocycles. The monoisotopic (exact) mass is 355 g/mol. The van der Waals surface area contributed by atoms with Crippen molar-refractivity contribution in [1.82, 2.24) is 9.55 Å². The molecule has 0 radical (unpaired) electrons. The summed E-state index contributed by atoms with van der Waals surface area (Å²) in [5.41, 5.74) is 1.83. The molecule has 0 fully saturated rings. The van der Waals surface area contributed by atoms with Gasteiger partial charge in [-0.05, 0) is 24.3 Å². The number of ether oxygens (including phenoxy) is 1. The minimum atomic E-state index is -0.409. The van der Waals surface area contributed by atoms with Gasteiger partial charge < -0.3 is 9.30 Å². The number of aromatic nitrogens is 2. The van der Waals surface area contributed by atoms with E-state index in [4.69, 9.17) is 4.74 Å². The van der Waals surface area contributed by atoms with Crippen LogP contribution in [0.2, 0.25) is 0 Å². The molecule has 1 aromatic carbocycles. The van der Waals surface area contributed by atoms with E-state index in [9.17, 15) is 9.59 Å². The molecule has 25 heavy (non-hydrogen) atoms. The zero-order valence-electron chi connectivity index (χ0n) is 13.9. The van der Waals surface area contributed by atoms with Crippen LogP contribution in [0.3, 0.4) is 0 Å². The summed E-state index contributed by atoms with van der Waals surface area (Å²) >= 11 is 1.33. The zero-order valence-corrected chi connectivity index (χ0v) is 14.7. The third-order valence-electron chi connectivity index (χ3n) is 3.56. The molecule has 2 heterocycles. The van der Waals surface area contributed by atoms with Crippen molar-refractivity contribution in [1.29, 1.82) is 0 Å². The molecule has 0 aliphatic carbocycles. The average molecular weight is 355 g/mol. The third-order valence-corrected chi connectivity index (χ3v) is 4.44. The normalized spacial score (nSPS) is 10.5. The van der Waals surface area contributed by atoms with Gasteiger partial charge in [0.25, 0.3) is 0 Å². The largest absolute Gasteiger partial charge is 0.454 e. The Hall–Kier alpha value is -2.93. The molecule has 3 rings (SSSR count). The summed E-state index contributed by atoms with van der Waals surface area (Å²) in [5, 5.41) is 2.33. The highest BCUT2D eigenvalue weighted by molar-refractivity contribution is 7.14. The fraction of sp³-hybridized carbons (Fsp3) is 0.167. The Bertz CT molecular complexity index is 886. The standard InChI is InChI=1S/C18H17N3O3S/c1-13(22)21(15-7-4-3-5-8-15)18-19-14(12-25-18)11-24-17(23)16-9-6-10-20(16)2/h3-10,12H,11H2,1-2H3. The first-order valence-corrected chi connectivity index (χ1v) is 8.53. The molecule has 0 N–H and O–H groups in total. The van der Waals surface area contributed by atoms with E-state index >= 15 is 0 Å². The van der Waals surface area contributed by atoms with Crippen LogP contribution >= 0.6 is 11.3 Å². The van der Waals surface area contributed by atoms with Gasteiger partial charge in [0, 0.05) is 25.5 Å². The van der Waals surface area contributed by atoms with Crippen molar-refractivity contribution in [2.45, 2.75) is 13.5 Å². The van der Waals surface area contributed by atoms with Crippen LogP contribution < -0.4 is 4.90 Å². The molecule has 128 valence electrons. The van der Waals surface area contributed by atoms with Gasteiger partial charge in [-0.1, -0.05) is 18.2 Å². The highest BCUT2D eigenvalue weighted by Crippen LogP contribution is 2.28. The first-order valence-electron chi connectivity index (χ1n) is 7.65. The Kier molecular flexibility index (Phi) is 4.95. The zero-order chi connectivity index (χ0) is 17.8. The number of nitrogens with zero attached hydrogens (tertiary/aromatic N) is 3. The van der Waals surface area contributed by atoms with Crippen molar-refractivity contribution in [2.24, 2.45) is 7.05 Å². The number of esters is 1. The lowest BCUT2D eigenvalue weighted by molar-refractivity contribution is -0.115. The molecule has 2 aromatic heterocycles. The number of amides is 1. The molecule has 0 bridgehead atoms. The minimum Gasteiger partial charge on any atom is -0.454 e. The first kappa shape index (κ1) is 16.9. The van der Waals surface area contributed by atoms with Gasteiger partial charge in [-0.25, -0.2) is 9.78 Å². The van der Waals surface area contributed by atoms with Gasteiger partial charge in [-0.3, -0.25) is 9.69 Å². The summed E-state index contributed by atoms with van der Waals surface area (Å²) in [7, 11) is 1.78. The maximum Gasteiger partial charge on any atom is 0.355 e. The van der Waals surface area contributed by atoms with Crippen LogP contribution in [0.25, 0.3) is 0 Å². The summed E-state index contributed by atoms with van der Waals surface area (Å²) in [6.45, 7) is 1.55. The van der Waals surface area contributed by atoms with Crippen molar-refractivity contribution >= 4 is 34.0 Å². The molecule has 7 heteroatoms. The van der Waals surface area contributed by atoms with Crippen LogP contribution in [-0.4, -0.2) is 21.4 Å². The number of hydrogen-bond donors (Lipinski definition) is 0. The molecule has 6 nitrogen and oxygen atoms in total. The Balaban J connectivity index is 1.72. The fourth-order valence-corrected chi connectivity index (χ4v) is 3.23. The molecular formula is C18H17N3O3S. The van der Waals surface area contributed by atoms with Crippen LogP contribution in [0.1, 0.15) is 23.1 Å². The predicted octanol–water partition coefficient (Wildman–Crippen LogP) is 3.52. The van der Waals surface area contributed by atoms with Gasteiger partial charge in [0.1, 0.15) is 12.3 Å². The average Bonchev–Trinajstić information content (AvgIpc) is 3.23. The maximum absolute atomic E-state index is 12.0. The number of anilines is 2. The highest BCUT2D eigenvalue weighted by atomic mass is 32.1. The Morgan fingerprint density at radius 1 is 1.20 bits per heavy atom. The lowest BCUT2D eigenvalue weighted by atomic mass is 10.3. The predicted molar refractivity (Wildman–Crippen MR) is 95.9 cm³/mol. The molecule has 0 atom stereocenters. The van der Waals surface area contributed by atoms with E-state index in [0.29, 0.717) is 16.5 Å². The number of para-hydroxylation sites is 1. The lowest BCUT2D eigenvalue weighted by Crippen LogP contribution is -2.22. The second kappa shape index (κ2) is 7.31. The number of aryl methyl sites for hydroxylation is 1. The summed E-state index contributed by atoms with van der Waals surface area (Å²) in [4.78, 5) is 30.0. The van der Waals surface area contributed by atoms with Crippen molar-refractivity contribution in [3.05, 3.63) is 65.4 Å². The smallest absolute Gasteiger partial charge is 0.355 e. The van der Waals surface area contributed by atoms with E-state index in [1.54, 1.807) is 35.3 Å². The number of carbonyl (C=O) groups excluding carboxylic acids is 2. The number of rotatable bonds is 5. The van der Waals surface area contributed by atoms with E-state index in [0.717, 1.165) is 5.69 Å². The summed E-state index contributed by atoms with van der Waals surface area (Å²) < 4.78 is 6.99. The van der Waals surface area contributed by atoms with E-state index < -0.39 is 5.97 Å². The summed E-state index contributed by atoms with van der Waals surface area (Å²) in [6.07, 6.45) is 1.78. The first-order chi connectivity index (χ1) is 12.1. The maximum atomic E-state index is 12.0. The van der Waals surface area contributed by atoms with E-state index in [1.807, 2.05) is 30.3 Å². The van der Waals surface area contributed by atoms with Gasteiger partial charge in [0.05, 0.1) is 11.4 Å². The molecule has 1 amide bonds. The molecule has 0 spiro atoms. The fourth-order valence-electron chi connectivity index (χ4n) is 2.36. The second-order valence-electron chi connectivity index (χ2n) is 5.39. The SMILES string of the molecule is CC(=O)N(c1ccccc1)c1nc(COC(=O)c2cccn2C)cs1. The Morgan fingerprint density at radius 2 is 1.96 bits per heavy atom. The number of carbonyl (C=O) groups is 2. The Morgan fingerprint density at radius 3 is 2.60 bits per heavy atom. The van der Waals surface area contributed by atoms with Crippen LogP contribution in [0, 0.1) is 0 Å². The molecule has 0 saturated carbocycles. The molecule has 0 aliphatic rings. The number of thiazole rings is 1. The van der Waals surface area contributed by atoms with Gasteiger partial charge in [-0.15, -0.1) is 11.3 Å². The van der Waals surface area contributed by atoms with Crippen molar-refractivity contribution in [3.8, 4) is 0 Å². The van der Waals surface area contributed by atoms with Crippen LogP contribution in [0.5, 0.6) is 0 Å². The van der Waals surface area contributed by atoms with Crippen LogP contribution in [0.15, 0.2) is 54.0 Å². The van der Waals surface area contributed by atoms with Gasteiger partial charge in [0.2, 0.25) is 5.91 Å². The molecular weight excluding hydrogens is 338 g/mol. The van der Waals surface area contributed by atoms with Crippen molar-refractivity contribution in [2.75, 3.05) is 4.90 Å². The topological polar surface area (TPSA) is 64.4 Å². The van der Waals surface area contributed by atoms with Gasteiger partial charge in [-0.2, -0.15) is 0 Å². The van der Waals surface area contributed by atoms with E-state index in [1.165, 1.54) is 23.2 Å². The van der Waals surface area contributed by atoms with Crippen molar-refractivity contribution < 1.29 is 14.3 Å². The quantitative estimate of drug-likeness (QED) is 0.657. The minimum absolute atomic E-state index is 0.0566. The van der Waals surface area contributed by atoms with Crippen LogP contribution in [-0.2, 0) is 23.2 Å². The van der Waals surface area contributed by atoms with Gasteiger partial charge >= 0.3 is 5.97 Å². The van der Waals surface area contributed by atoms with E-state index in [2.05, 4.69) is 4.98 Å². The van der Waals surface area contributed by atoms with Gasteiger partial charge in [0.15, 0.2) is 5.13 Å². The Labute approximate surface area is 149 Å². The summed E-state index contributed by atoms with van der Waals surface area (Å²) in [6, 6.07) is 12.8. The van der Waals surface area contributed by atoms with E-state index in [-0.39, 0.29) is 12.5 Å².